The van der Waals surface area contributed by atoms with Gasteiger partial charge in [0.25, 0.3) is 0 Å². The first-order chi connectivity index (χ1) is 9.04. The van der Waals surface area contributed by atoms with Gasteiger partial charge in [-0.05, 0) is 30.9 Å². The molecule has 1 rings (SSSR count). The zero-order valence-electron chi connectivity index (χ0n) is 11.2. The third kappa shape index (κ3) is 6.80. The second-order valence-electron chi connectivity index (χ2n) is 3.65. The number of hydrogen-bond donors (Lipinski definition) is 2. The maximum absolute atomic E-state index is 11.2. The van der Waals surface area contributed by atoms with Crippen molar-refractivity contribution in [2.45, 2.75) is 23.3 Å². The van der Waals surface area contributed by atoms with Gasteiger partial charge in [-0.3, -0.25) is 9.18 Å². The molecule has 2 N–H and O–H groups in total. The maximum atomic E-state index is 11.2. The Labute approximate surface area is 122 Å². The minimum absolute atomic E-state index is 0.175. The summed E-state index contributed by atoms with van der Waals surface area (Å²) in [6.07, 6.45) is 1.29. The number of amides is 1. The van der Waals surface area contributed by atoms with E-state index in [1.165, 1.54) is 0 Å². The molecule has 0 saturated heterocycles. The average Bonchev–Trinajstić information content (AvgIpc) is 2.46. The van der Waals surface area contributed by atoms with E-state index in [0.717, 1.165) is 10.5 Å². The van der Waals surface area contributed by atoms with Gasteiger partial charge < -0.3 is 10.4 Å². The minimum atomic E-state index is -0.703. The molecule has 2 atom stereocenters. The number of benzene rings is 1. The van der Waals surface area contributed by atoms with E-state index >= 15 is 0 Å². The van der Waals surface area contributed by atoms with Crippen LogP contribution in [0.5, 0.6) is 0 Å². The number of thioether (sulfide) groups is 1. The summed E-state index contributed by atoms with van der Waals surface area (Å²) in [7, 11) is 0.500. The van der Waals surface area contributed by atoms with Gasteiger partial charge >= 0.3 is 0 Å². The Kier molecular flexibility index (Phi) is 9.65. The van der Waals surface area contributed by atoms with Crippen LogP contribution in [0.25, 0.3) is 0 Å². The molecule has 0 radical (unpaired) electrons. The monoisotopic (exact) mass is 307 g/mol. The standard InChI is InChI=1S/C12H16ClNO2S.CH3F/c1-8(13)12(16)14-7-11(15)9-3-5-10(17-2)6-4-9;1-2/h3-6,8,11,15H,7H2,1-2H3,(H,14,16);1H3. The molecule has 0 aliphatic carbocycles. The SMILES string of the molecule is CF.CSc1ccc(C(O)CNC(=O)C(C)Cl)cc1. The average molecular weight is 308 g/mol. The van der Waals surface area contributed by atoms with Crippen LogP contribution in [-0.4, -0.2) is 36.4 Å². The van der Waals surface area contributed by atoms with Crippen molar-refractivity contribution in [2.24, 2.45) is 0 Å². The predicted octanol–water partition coefficient (Wildman–Crippen LogP) is 2.77. The van der Waals surface area contributed by atoms with E-state index < -0.39 is 11.5 Å². The van der Waals surface area contributed by atoms with Gasteiger partial charge in [-0.2, -0.15) is 0 Å². The van der Waals surface area contributed by atoms with Crippen LogP contribution < -0.4 is 5.32 Å². The molecule has 0 bridgehead atoms. The highest BCUT2D eigenvalue weighted by molar-refractivity contribution is 7.98. The highest BCUT2D eigenvalue weighted by Gasteiger charge is 2.12. The molecule has 0 heterocycles. The lowest BCUT2D eigenvalue weighted by molar-refractivity contribution is -0.120. The first-order valence-corrected chi connectivity index (χ1v) is 7.32. The Balaban J connectivity index is 0.00000154. The van der Waals surface area contributed by atoms with Crippen molar-refractivity contribution in [3.8, 4) is 0 Å². The third-order valence-electron chi connectivity index (χ3n) is 2.33. The van der Waals surface area contributed by atoms with E-state index in [-0.39, 0.29) is 12.5 Å². The Morgan fingerprint density at radius 2 is 1.95 bits per heavy atom. The number of alkyl halides is 2. The lowest BCUT2D eigenvalue weighted by atomic mass is 10.1. The summed E-state index contributed by atoms with van der Waals surface area (Å²) >= 11 is 7.24. The molecule has 3 nitrogen and oxygen atoms in total. The van der Waals surface area contributed by atoms with Gasteiger partial charge in [-0.15, -0.1) is 23.4 Å². The Morgan fingerprint density at radius 3 is 2.37 bits per heavy atom. The predicted molar refractivity (Wildman–Crippen MR) is 78.5 cm³/mol. The van der Waals surface area contributed by atoms with Crippen molar-refractivity contribution in [3.63, 3.8) is 0 Å². The second kappa shape index (κ2) is 10.1. The molecule has 108 valence electrons. The molecule has 1 amide bonds. The molecular weight excluding hydrogens is 289 g/mol. The molecule has 0 spiro atoms. The number of hydrogen-bond acceptors (Lipinski definition) is 3. The second-order valence-corrected chi connectivity index (χ2v) is 5.18. The molecule has 19 heavy (non-hydrogen) atoms. The fourth-order valence-corrected chi connectivity index (χ4v) is 1.77. The van der Waals surface area contributed by atoms with Crippen molar-refractivity contribution >= 4 is 29.3 Å². The maximum Gasteiger partial charge on any atom is 0.237 e. The molecule has 0 saturated carbocycles. The molecule has 0 fully saturated rings. The summed E-state index contributed by atoms with van der Waals surface area (Å²) in [4.78, 5) is 12.4. The summed E-state index contributed by atoms with van der Waals surface area (Å²) < 4.78 is 9.50. The molecule has 2 unspecified atom stereocenters. The lowest BCUT2D eigenvalue weighted by Gasteiger charge is -2.13. The zero-order chi connectivity index (χ0) is 14.8. The van der Waals surface area contributed by atoms with Gasteiger partial charge in [0.15, 0.2) is 0 Å². The number of rotatable bonds is 5. The van der Waals surface area contributed by atoms with Crippen LogP contribution in [0.2, 0.25) is 0 Å². The van der Waals surface area contributed by atoms with Crippen LogP contribution in [0.3, 0.4) is 0 Å². The van der Waals surface area contributed by atoms with Gasteiger partial charge in [0, 0.05) is 11.4 Å². The fourth-order valence-electron chi connectivity index (χ4n) is 1.28. The molecule has 0 aliphatic heterocycles. The topological polar surface area (TPSA) is 49.3 Å². The van der Waals surface area contributed by atoms with Crippen LogP contribution >= 0.6 is 23.4 Å². The van der Waals surface area contributed by atoms with Gasteiger partial charge in [0.05, 0.1) is 13.3 Å². The summed E-state index contributed by atoms with van der Waals surface area (Å²) in [5.41, 5.74) is 0.783. The molecule has 1 aromatic rings. The third-order valence-corrected chi connectivity index (χ3v) is 3.27. The van der Waals surface area contributed by atoms with Crippen LogP contribution in [0.15, 0.2) is 29.2 Å². The molecule has 1 aromatic carbocycles. The number of nitrogens with one attached hydrogen (secondary N) is 1. The number of aliphatic hydroxyl groups is 1. The number of aliphatic hydroxyl groups excluding tert-OH is 1. The van der Waals surface area contributed by atoms with E-state index in [1.54, 1.807) is 18.7 Å². The smallest absolute Gasteiger partial charge is 0.237 e. The first-order valence-electron chi connectivity index (χ1n) is 5.66. The van der Waals surface area contributed by atoms with Crippen molar-refractivity contribution in [1.29, 1.82) is 0 Å². The van der Waals surface area contributed by atoms with Gasteiger partial charge in [0.1, 0.15) is 5.38 Å². The highest BCUT2D eigenvalue weighted by atomic mass is 35.5. The number of carbonyl (C=O) groups is 1. The lowest BCUT2D eigenvalue weighted by Crippen LogP contribution is -2.33. The van der Waals surface area contributed by atoms with Crippen LogP contribution in [-0.2, 0) is 4.79 Å². The van der Waals surface area contributed by atoms with E-state index in [0.29, 0.717) is 7.18 Å². The quantitative estimate of drug-likeness (QED) is 0.649. The Bertz CT molecular complexity index is 373. The van der Waals surface area contributed by atoms with Crippen molar-refractivity contribution in [1.82, 2.24) is 5.32 Å². The van der Waals surface area contributed by atoms with Crippen LogP contribution in [0.1, 0.15) is 18.6 Å². The first kappa shape index (κ1) is 18.2. The summed E-state index contributed by atoms with van der Waals surface area (Å²) in [6.45, 7) is 1.77. The Hall–Kier alpha value is -0.780. The van der Waals surface area contributed by atoms with Crippen molar-refractivity contribution in [3.05, 3.63) is 29.8 Å². The number of carbonyl (C=O) groups excluding carboxylic acids is 1. The normalized spacial score (nSPS) is 12.9. The van der Waals surface area contributed by atoms with Gasteiger partial charge in [0.2, 0.25) is 5.91 Å². The molecule has 0 aliphatic rings. The van der Waals surface area contributed by atoms with Crippen LogP contribution in [0.4, 0.5) is 4.39 Å². The van der Waals surface area contributed by atoms with Gasteiger partial charge in [-0.25, -0.2) is 0 Å². The molecule has 0 aromatic heterocycles. The van der Waals surface area contributed by atoms with E-state index in [9.17, 15) is 14.3 Å². The van der Waals surface area contributed by atoms with E-state index in [1.807, 2.05) is 30.5 Å². The number of halogens is 2. The van der Waals surface area contributed by atoms with E-state index in [4.69, 9.17) is 11.6 Å². The van der Waals surface area contributed by atoms with Crippen molar-refractivity contribution < 1.29 is 14.3 Å². The summed E-state index contributed by atoms with van der Waals surface area (Å²) in [5, 5.41) is 11.9. The summed E-state index contributed by atoms with van der Waals surface area (Å²) in [5.74, 6) is -0.272. The minimum Gasteiger partial charge on any atom is -0.387 e. The largest absolute Gasteiger partial charge is 0.387 e. The van der Waals surface area contributed by atoms with Crippen molar-refractivity contribution in [2.75, 3.05) is 20.0 Å². The van der Waals surface area contributed by atoms with E-state index in [2.05, 4.69) is 5.32 Å². The zero-order valence-corrected chi connectivity index (χ0v) is 12.8. The molecule has 6 heteroatoms. The van der Waals surface area contributed by atoms with Gasteiger partial charge in [-0.1, -0.05) is 12.1 Å². The summed E-state index contributed by atoms with van der Waals surface area (Å²) in [6, 6.07) is 7.59. The van der Waals surface area contributed by atoms with Crippen LogP contribution in [0, 0.1) is 0 Å². The Morgan fingerprint density at radius 1 is 1.42 bits per heavy atom. The fraction of sp³-hybridized carbons (Fsp3) is 0.462. The molecular formula is C13H19ClFNO2S. The highest BCUT2D eigenvalue weighted by Crippen LogP contribution is 2.18.